The molecule has 1 fully saturated rings. The molecule has 0 radical (unpaired) electrons. The Morgan fingerprint density at radius 3 is 2.56 bits per heavy atom. The average Bonchev–Trinajstić information content (AvgIpc) is 3.02. The van der Waals surface area contributed by atoms with Crippen molar-refractivity contribution in [3.05, 3.63) is 90.0 Å². The number of aryl methyl sites for hydroxylation is 1. The summed E-state index contributed by atoms with van der Waals surface area (Å²) in [6.07, 6.45) is -1.70. The lowest BCUT2D eigenvalue weighted by Crippen LogP contribution is -2.42. The maximum absolute atomic E-state index is 12.6. The van der Waals surface area contributed by atoms with Crippen molar-refractivity contribution in [2.45, 2.75) is 63.6 Å². The Morgan fingerprint density at radius 1 is 1.04 bits per heavy atom. The van der Waals surface area contributed by atoms with Gasteiger partial charge in [-0.3, -0.25) is 18.6 Å². The van der Waals surface area contributed by atoms with Crippen LogP contribution in [0.4, 0.5) is 0 Å². The van der Waals surface area contributed by atoms with Crippen LogP contribution in [0.3, 0.4) is 0 Å². The number of nitrogens with two attached hydrogens (primary N) is 1. The van der Waals surface area contributed by atoms with Crippen molar-refractivity contribution in [1.29, 1.82) is 0 Å². The van der Waals surface area contributed by atoms with Gasteiger partial charge in [-0.25, -0.2) is 4.57 Å². The molecule has 1 aliphatic rings. The van der Waals surface area contributed by atoms with Gasteiger partial charge < -0.3 is 34.7 Å². The van der Waals surface area contributed by atoms with Crippen LogP contribution in [0.5, 0.6) is 17.2 Å². The summed E-state index contributed by atoms with van der Waals surface area (Å²) in [6, 6.07) is 23.0. The van der Waals surface area contributed by atoms with Crippen LogP contribution in [0.25, 0.3) is 0 Å². The highest BCUT2D eigenvalue weighted by atomic mass is 31.2. The van der Waals surface area contributed by atoms with Gasteiger partial charge in [-0.05, 0) is 67.6 Å². The number of esters is 1. The molecule has 0 aromatic heterocycles. The summed E-state index contributed by atoms with van der Waals surface area (Å²) in [5.74, 6) is 0.189. The molecular weight excluding hydrogens is 605 g/mol. The molecule has 4 N–H and O–H groups in total. The van der Waals surface area contributed by atoms with Gasteiger partial charge in [0.1, 0.15) is 42.6 Å². The zero-order valence-electron chi connectivity index (χ0n) is 24.9. The third-order valence-corrected chi connectivity index (χ3v) is 8.13. The van der Waals surface area contributed by atoms with E-state index < -0.39 is 44.1 Å². The third-order valence-electron chi connectivity index (χ3n) is 6.99. The number of phosphoric acid groups is 1. The van der Waals surface area contributed by atoms with Crippen LogP contribution in [-0.2, 0) is 45.7 Å². The molecule has 4 rings (SSSR count). The lowest BCUT2D eigenvalue weighted by atomic mass is 10.1. The maximum Gasteiger partial charge on any atom is 0.472 e. The van der Waals surface area contributed by atoms with Crippen molar-refractivity contribution < 1.29 is 52.1 Å². The van der Waals surface area contributed by atoms with E-state index in [1.165, 1.54) is 6.92 Å². The third kappa shape index (κ3) is 11.0. The molecule has 13 heteroatoms. The van der Waals surface area contributed by atoms with E-state index in [0.717, 1.165) is 16.9 Å². The molecule has 0 saturated carbocycles. The zero-order valence-corrected chi connectivity index (χ0v) is 25.8. The van der Waals surface area contributed by atoms with Gasteiger partial charge in [0.05, 0.1) is 12.2 Å². The van der Waals surface area contributed by atoms with E-state index in [9.17, 15) is 19.0 Å². The Kier molecular flexibility index (Phi) is 12.5. The lowest BCUT2D eigenvalue weighted by molar-refractivity contribution is -0.154. The Bertz CT molecular complexity index is 1450. The van der Waals surface area contributed by atoms with Crippen LogP contribution in [0.1, 0.15) is 37.3 Å². The molecule has 0 spiro atoms. The number of ether oxygens (including phenoxy) is 4. The molecule has 45 heavy (non-hydrogen) atoms. The molecule has 3 aromatic rings. The molecule has 5 atom stereocenters. The van der Waals surface area contributed by atoms with E-state index in [1.807, 2.05) is 78.9 Å². The van der Waals surface area contributed by atoms with Crippen molar-refractivity contribution in [2.24, 2.45) is 5.73 Å². The van der Waals surface area contributed by atoms with Crippen molar-refractivity contribution >= 4 is 19.8 Å². The van der Waals surface area contributed by atoms with Gasteiger partial charge in [0.2, 0.25) is 0 Å². The fourth-order valence-electron chi connectivity index (χ4n) is 4.58. The number of rotatable bonds is 16. The van der Waals surface area contributed by atoms with E-state index >= 15 is 0 Å². The van der Waals surface area contributed by atoms with E-state index in [1.54, 1.807) is 0 Å². The van der Waals surface area contributed by atoms with E-state index in [4.69, 9.17) is 38.8 Å². The summed E-state index contributed by atoms with van der Waals surface area (Å²) >= 11 is 0. The molecule has 1 aliphatic heterocycles. The predicted octanol–water partition coefficient (Wildman–Crippen LogP) is 5.02. The fourth-order valence-corrected chi connectivity index (χ4v) is 5.76. The number of carboxylic acid groups (broad SMARTS) is 1. The first-order valence-corrected chi connectivity index (χ1v) is 16.1. The van der Waals surface area contributed by atoms with E-state index in [0.29, 0.717) is 44.0 Å². The van der Waals surface area contributed by atoms with Crippen LogP contribution in [-0.4, -0.2) is 59.5 Å². The highest BCUT2D eigenvalue weighted by Gasteiger charge is 2.38. The quantitative estimate of drug-likeness (QED) is 0.141. The molecule has 242 valence electrons. The number of para-hydroxylation sites is 2. The van der Waals surface area contributed by atoms with Gasteiger partial charge in [0.15, 0.2) is 0 Å². The summed E-state index contributed by atoms with van der Waals surface area (Å²) < 4.78 is 45.7. The second kappa shape index (κ2) is 16.5. The second-order valence-electron chi connectivity index (χ2n) is 10.5. The molecule has 0 amide bonds. The SMILES string of the molecule is C[C@H](OP(=O)(O)O[C@H]1CCCO[C@H]1COC(=O)CCc1ccccc1OCc1cccc(Oc2ccccc2)c1)[C@H](N)C(=O)O. The molecule has 1 saturated heterocycles. The van der Waals surface area contributed by atoms with Gasteiger partial charge >= 0.3 is 19.8 Å². The molecule has 3 aromatic carbocycles. The van der Waals surface area contributed by atoms with Gasteiger partial charge in [0, 0.05) is 13.0 Å². The lowest BCUT2D eigenvalue weighted by Gasteiger charge is -2.32. The topological polar surface area (TPSA) is 173 Å². The maximum atomic E-state index is 12.6. The number of hydrogen-bond donors (Lipinski definition) is 3. The number of hydrogen-bond acceptors (Lipinski definition) is 10. The van der Waals surface area contributed by atoms with Gasteiger partial charge in [0.25, 0.3) is 0 Å². The predicted molar refractivity (Wildman–Crippen MR) is 163 cm³/mol. The first kappa shape index (κ1) is 34.1. The number of carbonyl (C=O) groups is 2. The van der Waals surface area contributed by atoms with Crippen LogP contribution < -0.4 is 15.2 Å². The molecule has 1 unspecified atom stereocenters. The summed E-state index contributed by atoms with van der Waals surface area (Å²) in [5.41, 5.74) is 7.20. The number of phosphoric ester groups is 1. The summed E-state index contributed by atoms with van der Waals surface area (Å²) in [7, 11) is -4.69. The van der Waals surface area contributed by atoms with Crippen LogP contribution >= 0.6 is 7.82 Å². The van der Waals surface area contributed by atoms with E-state index in [-0.39, 0.29) is 13.0 Å². The van der Waals surface area contributed by atoms with Crippen LogP contribution in [0.15, 0.2) is 78.9 Å². The molecule has 1 heterocycles. The number of benzene rings is 3. The van der Waals surface area contributed by atoms with Crippen LogP contribution in [0, 0.1) is 0 Å². The summed E-state index contributed by atoms with van der Waals surface area (Å²) in [4.78, 5) is 33.9. The minimum absolute atomic E-state index is 0.0607. The minimum atomic E-state index is -4.69. The minimum Gasteiger partial charge on any atom is -0.489 e. The Hall–Kier alpha value is -3.77. The molecule has 0 aliphatic carbocycles. The number of carbonyl (C=O) groups excluding carboxylic acids is 1. The highest BCUT2D eigenvalue weighted by molar-refractivity contribution is 7.47. The smallest absolute Gasteiger partial charge is 0.472 e. The first-order chi connectivity index (χ1) is 21.6. The van der Waals surface area contributed by atoms with Gasteiger partial charge in [-0.1, -0.05) is 48.5 Å². The number of aliphatic carboxylic acids is 1. The second-order valence-corrected chi connectivity index (χ2v) is 11.8. The van der Waals surface area contributed by atoms with E-state index in [2.05, 4.69) is 0 Å². The normalized spacial score (nSPS) is 19.1. The molecular formula is C32H38NO11P. The Labute approximate surface area is 261 Å². The monoisotopic (exact) mass is 643 g/mol. The average molecular weight is 644 g/mol. The largest absolute Gasteiger partial charge is 0.489 e. The Morgan fingerprint density at radius 2 is 1.78 bits per heavy atom. The van der Waals surface area contributed by atoms with Crippen LogP contribution in [0.2, 0.25) is 0 Å². The summed E-state index contributed by atoms with van der Waals surface area (Å²) in [5, 5.41) is 8.99. The summed E-state index contributed by atoms with van der Waals surface area (Å²) in [6.45, 7) is 1.70. The standard InChI is InChI=1S/C32H38NO11P/c1-22(31(33)32(35)36)43-45(37,38)44-28-15-8-18-39-29(28)21-41-30(34)17-16-24-10-5-6-14-27(24)40-20-23-9-7-13-26(19-23)42-25-11-3-2-4-12-25/h2-7,9-14,19,22,28-29,31H,8,15-18,20-21,33H2,1H3,(H,35,36)(H,37,38)/t22-,28-,29-,31-/m0/s1. The van der Waals surface area contributed by atoms with Gasteiger partial charge in [-0.2, -0.15) is 0 Å². The van der Waals surface area contributed by atoms with Crippen molar-refractivity contribution in [1.82, 2.24) is 0 Å². The first-order valence-electron chi connectivity index (χ1n) is 14.6. The van der Waals surface area contributed by atoms with Crippen molar-refractivity contribution in [3.8, 4) is 17.2 Å². The van der Waals surface area contributed by atoms with Crippen molar-refractivity contribution in [2.75, 3.05) is 13.2 Å². The molecule has 0 bridgehead atoms. The molecule has 12 nitrogen and oxygen atoms in total. The highest BCUT2D eigenvalue weighted by Crippen LogP contribution is 2.48. The zero-order chi connectivity index (χ0) is 32.2. The Balaban J connectivity index is 1.26. The van der Waals surface area contributed by atoms with Gasteiger partial charge in [-0.15, -0.1) is 0 Å². The van der Waals surface area contributed by atoms with Crippen molar-refractivity contribution in [3.63, 3.8) is 0 Å². The fraction of sp³-hybridized carbons (Fsp3) is 0.375. The number of carboxylic acids is 1.